The largest absolute Gasteiger partial charge is 0.492 e. The van der Waals surface area contributed by atoms with Crippen LogP contribution in [0.25, 0.3) is 0 Å². The van der Waals surface area contributed by atoms with Crippen LogP contribution in [0.2, 0.25) is 5.02 Å². The smallest absolute Gasteiger partial charge is 0.168 e. The van der Waals surface area contributed by atoms with Crippen molar-refractivity contribution in [1.82, 2.24) is 4.90 Å². The minimum atomic E-state index is -0.00118. The van der Waals surface area contributed by atoms with Crippen LogP contribution in [0.15, 0.2) is 48.5 Å². The van der Waals surface area contributed by atoms with Gasteiger partial charge in [-0.15, -0.1) is 0 Å². The number of Topliss-reactive ketones (excluding diaryl/α,β-unsaturated/α-hetero) is 1. The first kappa shape index (κ1) is 15.4. The van der Waals surface area contributed by atoms with Crippen molar-refractivity contribution in [3.05, 3.63) is 64.7 Å². The molecule has 2 aromatic rings. The van der Waals surface area contributed by atoms with Crippen molar-refractivity contribution in [2.45, 2.75) is 30.8 Å². The van der Waals surface area contributed by atoms with Crippen LogP contribution in [-0.2, 0) is 0 Å². The molecule has 2 fully saturated rings. The molecule has 2 saturated heterocycles. The van der Waals surface area contributed by atoms with Gasteiger partial charge in [0.05, 0.1) is 6.04 Å². The van der Waals surface area contributed by atoms with Crippen molar-refractivity contribution in [3.8, 4) is 5.75 Å². The van der Waals surface area contributed by atoms with Crippen LogP contribution in [-0.4, -0.2) is 35.9 Å². The van der Waals surface area contributed by atoms with Gasteiger partial charge < -0.3 is 4.74 Å². The number of hydrogen-bond donors (Lipinski definition) is 0. The minimum Gasteiger partial charge on any atom is -0.492 e. The van der Waals surface area contributed by atoms with Crippen LogP contribution in [0.1, 0.15) is 34.7 Å². The number of ketones is 1. The third-order valence-electron chi connectivity index (χ3n) is 6.10. The van der Waals surface area contributed by atoms with Gasteiger partial charge in [0.1, 0.15) is 12.4 Å². The Morgan fingerprint density at radius 1 is 1.08 bits per heavy atom. The lowest BCUT2D eigenvalue weighted by Crippen LogP contribution is -2.40. The number of nitrogens with zero attached hydrogens (tertiary/aromatic N) is 1. The minimum absolute atomic E-state index is 0.00118. The summed E-state index contributed by atoms with van der Waals surface area (Å²) in [4.78, 5) is 16.0. The van der Waals surface area contributed by atoms with Crippen LogP contribution >= 0.6 is 11.6 Å². The molecule has 0 aromatic heterocycles. The Kier molecular flexibility index (Phi) is 3.61. The van der Waals surface area contributed by atoms with E-state index in [-0.39, 0.29) is 17.6 Å². The number of carbonyl (C=O) groups excluding carboxylic acids is 1. The van der Waals surface area contributed by atoms with E-state index in [0.29, 0.717) is 23.7 Å². The highest BCUT2D eigenvalue weighted by Gasteiger charge is 2.55. The molecule has 0 saturated carbocycles. The molecule has 0 amide bonds. The standard InChI is InChI=1S/C21H20ClNO2/c22-14-9-7-13(8-10-14)21(24)20-16-5-3-11-23(16)17-12-25-18-6-2-1-4-15(18)19(17)20/h1-2,4,6-10,16-17,19-20H,3,5,11-12H2/t16-,17-,19+,20+/m1/s1. The monoisotopic (exact) mass is 353 g/mol. The summed E-state index contributed by atoms with van der Waals surface area (Å²) in [5.74, 6) is 1.41. The summed E-state index contributed by atoms with van der Waals surface area (Å²) in [6.07, 6.45) is 2.26. The van der Waals surface area contributed by atoms with Gasteiger partial charge in [-0.3, -0.25) is 9.69 Å². The second-order valence-corrected chi connectivity index (χ2v) is 7.72. The third kappa shape index (κ3) is 2.33. The van der Waals surface area contributed by atoms with Crippen LogP contribution in [0.5, 0.6) is 5.75 Å². The fourth-order valence-corrected chi connectivity index (χ4v) is 5.23. The number of para-hydroxylation sites is 1. The number of benzene rings is 2. The highest BCUT2D eigenvalue weighted by atomic mass is 35.5. The molecule has 25 heavy (non-hydrogen) atoms. The molecule has 0 N–H and O–H groups in total. The average Bonchev–Trinajstić information content (AvgIpc) is 3.22. The molecule has 0 spiro atoms. The maximum Gasteiger partial charge on any atom is 0.168 e. The predicted octanol–water partition coefficient (Wildman–Crippen LogP) is 4.16. The molecular weight excluding hydrogens is 334 g/mol. The first-order chi connectivity index (χ1) is 12.2. The van der Waals surface area contributed by atoms with E-state index in [0.717, 1.165) is 24.3 Å². The first-order valence-electron chi connectivity index (χ1n) is 9.01. The van der Waals surface area contributed by atoms with Gasteiger partial charge in [-0.05, 0) is 55.3 Å². The molecule has 4 atom stereocenters. The normalized spacial score (nSPS) is 30.3. The van der Waals surface area contributed by atoms with Crippen molar-refractivity contribution in [2.75, 3.05) is 13.2 Å². The van der Waals surface area contributed by atoms with Gasteiger partial charge in [-0.2, -0.15) is 0 Å². The fraction of sp³-hybridized carbons (Fsp3) is 0.381. The molecule has 0 unspecified atom stereocenters. The summed E-state index contributed by atoms with van der Waals surface area (Å²) < 4.78 is 6.02. The molecule has 4 heteroatoms. The van der Waals surface area contributed by atoms with Gasteiger partial charge in [-0.1, -0.05) is 29.8 Å². The van der Waals surface area contributed by atoms with Gasteiger partial charge in [0.2, 0.25) is 0 Å². The summed E-state index contributed by atoms with van der Waals surface area (Å²) in [6, 6.07) is 16.2. The Labute approximate surface area is 152 Å². The quantitative estimate of drug-likeness (QED) is 0.759. The summed E-state index contributed by atoms with van der Waals surface area (Å²) in [7, 11) is 0. The first-order valence-corrected chi connectivity index (χ1v) is 9.39. The molecule has 3 aliphatic heterocycles. The molecule has 128 valence electrons. The maximum atomic E-state index is 13.5. The second kappa shape index (κ2) is 5.86. The molecule has 3 nitrogen and oxygen atoms in total. The van der Waals surface area contributed by atoms with E-state index < -0.39 is 0 Å². The topological polar surface area (TPSA) is 29.5 Å². The molecule has 3 heterocycles. The van der Waals surface area contributed by atoms with Crippen molar-refractivity contribution >= 4 is 17.4 Å². The molecule has 0 bridgehead atoms. The zero-order valence-electron chi connectivity index (χ0n) is 13.9. The van der Waals surface area contributed by atoms with Gasteiger partial charge in [0.25, 0.3) is 0 Å². The second-order valence-electron chi connectivity index (χ2n) is 7.29. The Hall–Kier alpha value is -1.84. The molecule has 3 aliphatic rings. The van der Waals surface area contributed by atoms with Crippen molar-refractivity contribution < 1.29 is 9.53 Å². The van der Waals surface area contributed by atoms with Crippen LogP contribution < -0.4 is 4.74 Å². The highest BCUT2D eigenvalue weighted by Crippen LogP contribution is 2.51. The Bertz CT molecular complexity index is 819. The number of fused-ring (bicyclic) bond motifs is 5. The number of rotatable bonds is 2. The lowest BCUT2D eigenvalue weighted by molar-refractivity contribution is 0.0886. The maximum absolute atomic E-state index is 13.5. The highest BCUT2D eigenvalue weighted by molar-refractivity contribution is 6.30. The van der Waals surface area contributed by atoms with Gasteiger partial charge in [0, 0.05) is 28.5 Å². The zero-order chi connectivity index (χ0) is 17.0. The van der Waals surface area contributed by atoms with E-state index in [1.54, 1.807) is 0 Å². The summed E-state index contributed by atoms with van der Waals surface area (Å²) in [5, 5.41) is 0.666. The molecule has 0 aliphatic carbocycles. The lowest BCUT2D eigenvalue weighted by Gasteiger charge is -2.33. The van der Waals surface area contributed by atoms with E-state index in [2.05, 4.69) is 17.0 Å². The van der Waals surface area contributed by atoms with E-state index in [4.69, 9.17) is 16.3 Å². The molecular formula is C21H20ClNO2. The SMILES string of the molecule is O=C(c1ccc(Cl)cc1)[C@@H]1[C@H]2c3ccccc3OC[C@H]2N2CCC[C@H]12. The fourth-order valence-electron chi connectivity index (χ4n) is 5.10. The van der Waals surface area contributed by atoms with Gasteiger partial charge >= 0.3 is 0 Å². The zero-order valence-corrected chi connectivity index (χ0v) is 14.7. The number of hydrogen-bond acceptors (Lipinski definition) is 3. The van der Waals surface area contributed by atoms with Gasteiger partial charge in [-0.25, -0.2) is 0 Å². The Morgan fingerprint density at radius 2 is 1.88 bits per heavy atom. The summed E-state index contributed by atoms with van der Waals surface area (Å²) in [6.45, 7) is 1.75. The molecule has 0 radical (unpaired) electrons. The predicted molar refractivity (Wildman–Crippen MR) is 97.5 cm³/mol. The van der Waals surface area contributed by atoms with E-state index in [9.17, 15) is 4.79 Å². The Morgan fingerprint density at radius 3 is 2.72 bits per heavy atom. The average molecular weight is 354 g/mol. The van der Waals surface area contributed by atoms with Crippen molar-refractivity contribution in [1.29, 1.82) is 0 Å². The van der Waals surface area contributed by atoms with Gasteiger partial charge in [0.15, 0.2) is 5.78 Å². The van der Waals surface area contributed by atoms with Crippen molar-refractivity contribution in [2.24, 2.45) is 5.92 Å². The number of carbonyl (C=O) groups is 1. The summed E-state index contributed by atoms with van der Waals surface area (Å²) >= 11 is 6.01. The number of ether oxygens (including phenoxy) is 1. The summed E-state index contributed by atoms with van der Waals surface area (Å²) in [5.41, 5.74) is 1.96. The Balaban J connectivity index is 1.59. The van der Waals surface area contributed by atoms with E-state index in [1.807, 2.05) is 36.4 Å². The van der Waals surface area contributed by atoms with E-state index in [1.165, 1.54) is 12.0 Å². The molecule has 2 aromatic carbocycles. The van der Waals surface area contributed by atoms with E-state index >= 15 is 0 Å². The van der Waals surface area contributed by atoms with Crippen LogP contribution in [0, 0.1) is 5.92 Å². The molecule has 5 rings (SSSR count). The number of halogens is 1. The third-order valence-corrected chi connectivity index (χ3v) is 6.36. The van der Waals surface area contributed by atoms with Crippen molar-refractivity contribution in [3.63, 3.8) is 0 Å². The van der Waals surface area contributed by atoms with Crippen LogP contribution in [0.3, 0.4) is 0 Å². The van der Waals surface area contributed by atoms with Crippen LogP contribution in [0.4, 0.5) is 0 Å². The lowest BCUT2D eigenvalue weighted by atomic mass is 9.76.